The van der Waals surface area contributed by atoms with Crippen LogP contribution in [0.1, 0.15) is 194 Å². The summed E-state index contributed by atoms with van der Waals surface area (Å²) >= 11 is 0. The number of hydrogen-bond acceptors (Lipinski definition) is 2. The van der Waals surface area contributed by atoms with Crippen LogP contribution < -0.4 is 0 Å². The molecule has 0 rings (SSSR count). The fraction of sp³-hybridized carbons (Fsp3) is 0.895. The highest BCUT2D eigenvalue weighted by Crippen LogP contribution is 2.14. The van der Waals surface area contributed by atoms with Crippen molar-refractivity contribution in [1.29, 1.82) is 0 Å². The molecule has 0 amide bonds. The molecule has 0 aromatic carbocycles. The normalized spacial score (nSPS) is 12.1. The second-order valence-corrected chi connectivity index (χ2v) is 12.5. The first-order valence-electron chi connectivity index (χ1n) is 18.5. The number of unbranched alkanes of at least 4 members (excludes halogenated alkanes) is 24. The quantitative estimate of drug-likeness (QED) is 0.0623. The highest BCUT2D eigenvalue weighted by Gasteiger charge is 2.04. The summed E-state index contributed by atoms with van der Waals surface area (Å²) in [6, 6.07) is 0. The molecule has 0 spiro atoms. The van der Waals surface area contributed by atoms with Gasteiger partial charge in [-0.1, -0.05) is 173 Å². The number of rotatable bonds is 34. The van der Waals surface area contributed by atoms with E-state index in [1.807, 2.05) is 0 Å². The van der Waals surface area contributed by atoms with Crippen molar-refractivity contribution in [2.24, 2.45) is 0 Å². The zero-order valence-corrected chi connectivity index (χ0v) is 27.8. The molecule has 0 saturated carbocycles. The molecule has 2 nitrogen and oxygen atoms in total. The first-order chi connectivity index (χ1) is 19.8. The Hall–Kier alpha value is -0.600. The van der Waals surface area contributed by atoms with Gasteiger partial charge in [0, 0.05) is 6.54 Å². The van der Waals surface area contributed by atoms with Gasteiger partial charge in [-0.3, -0.25) is 0 Å². The molecule has 0 aromatic rings. The molecule has 0 bridgehead atoms. The number of aliphatic hydroxyl groups is 1. The van der Waals surface area contributed by atoms with E-state index in [-0.39, 0.29) is 0 Å². The molecule has 0 aliphatic heterocycles. The van der Waals surface area contributed by atoms with Crippen LogP contribution in [-0.4, -0.2) is 36.2 Å². The number of hydrogen-bond donors (Lipinski definition) is 1. The molecule has 0 aromatic heterocycles. The summed E-state index contributed by atoms with van der Waals surface area (Å²) in [5.41, 5.74) is 0. The summed E-state index contributed by atoms with van der Waals surface area (Å²) in [4.78, 5) is 2.51. The Morgan fingerprint density at radius 1 is 0.375 bits per heavy atom. The monoisotopic (exact) mass is 562 g/mol. The van der Waals surface area contributed by atoms with Crippen molar-refractivity contribution >= 4 is 0 Å². The van der Waals surface area contributed by atoms with Gasteiger partial charge in [0.1, 0.15) is 0 Å². The summed E-state index contributed by atoms with van der Waals surface area (Å²) in [6.07, 6.45) is 48.0. The number of nitrogens with zero attached hydrogens (tertiary/aromatic N) is 1. The molecular weight excluding hydrogens is 486 g/mol. The van der Waals surface area contributed by atoms with E-state index in [0.29, 0.717) is 6.61 Å². The molecule has 0 fully saturated rings. The van der Waals surface area contributed by atoms with Crippen LogP contribution in [0.25, 0.3) is 0 Å². The van der Waals surface area contributed by atoms with Gasteiger partial charge in [0.15, 0.2) is 0 Å². The van der Waals surface area contributed by atoms with Crippen molar-refractivity contribution in [3.8, 4) is 0 Å². The van der Waals surface area contributed by atoms with Crippen LogP contribution in [0.15, 0.2) is 24.3 Å². The van der Waals surface area contributed by atoms with Crippen LogP contribution in [0.5, 0.6) is 0 Å². The fourth-order valence-electron chi connectivity index (χ4n) is 5.68. The van der Waals surface area contributed by atoms with Crippen molar-refractivity contribution in [2.45, 2.75) is 194 Å². The van der Waals surface area contributed by atoms with Gasteiger partial charge in [0.05, 0.1) is 6.61 Å². The fourth-order valence-corrected chi connectivity index (χ4v) is 5.68. The molecule has 0 unspecified atom stereocenters. The van der Waals surface area contributed by atoms with Crippen LogP contribution in [0.2, 0.25) is 0 Å². The third-order valence-electron chi connectivity index (χ3n) is 8.42. The molecular formula is C38H75NO. The van der Waals surface area contributed by atoms with Crippen molar-refractivity contribution in [3.05, 3.63) is 24.3 Å². The van der Waals surface area contributed by atoms with E-state index in [4.69, 9.17) is 0 Å². The van der Waals surface area contributed by atoms with Crippen LogP contribution in [0.3, 0.4) is 0 Å². The number of allylic oxidation sites excluding steroid dienone is 4. The van der Waals surface area contributed by atoms with Crippen molar-refractivity contribution in [2.75, 3.05) is 26.2 Å². The Kier molecular flexibility index (Phi) is 35.9. The maximum atomic E-state index is 9.46. The zero-order valence-electron chi connectivity index (χ0n) is 27.8. The van der Waals surface area contributed by atoms with Gasteiger partial charge < -0.3 is 10.0 Å². The number of aliphatic hydroxyl groups excluding tert-OH is 1. The van der Waals surface area contributed by atoms with E-state index < -0.39 is 0 Å². The standard InChI is InChI=1S/C38H75NO/c1-3-5-7-9-11-13-15-17-19-21-23-25-27-29-31-33-35-39(37-38-40)36-34-32-30-28-26-24-22-20-18-16-14-12-10-8-6-4-2/h11,13,17,19,40H,3-10,12,14-16,18,20-38H2,1-2H3/b13-11-,19-17-. The summed E-state index contributed by atoms with van der Waals surface area (Å²) in [5.74, 6) is 0. The molecule has 0 radical (unpaired) electrons. The van der Waals surface area contributed by atoms with Gasteiger partial charge in [0.2, 0.25) is 0 Å². The van der Waals surface area contributed by atoms with Crippen molar-refractivity contribution in [3.63, 3.8) is 0 Å². The molecule has 2 heteroatoms. The second kappa shape index (κ2) is 36.4. The van der Waals surface area contributed by atoms with Crippen molar-refractivity contribution < 1.29 is 5.11 Å². The predicted molar refractivity (Wildman–Crippen MR) is 182 cm³/mol. The largest absolute Gasteiger partial charge is 0.395 e. The molecule has 40 heavy (non-hydrogen) atoms. The molecule has 0 aliphatic rings. The average Bonchev–Trinajstić information content (AvgIpc) is 2.96. The van der Waals surface area contributed by atoms with Crippen LogP contribution in [0.4, 0.5) is 0 Å². The molecule has 238 valence electrons. The van der Waals surface area contributed by atoms with E-state index >= 15 is 0 Å². The summed E-state index contributed by atoms with van der Waals surface area (Å²) in [5, 5.41) is 9.46. The molecule has 0 heterocycles. The Morgan fingerprint density at radius 2 is 0.700 bits per heavy atom. The Morgan fingerprint density at radius 3 is 1.10 bits per heavy atom. The van der Waals surface area contributed by atoms with Crippen molar-refractivity contribution in [1.82, 2.24) is 4.90 Å². The minimum atomic E-state index is 0.307. The van der Waals surface area contributed by atoms with Gasteiger partial charge in [-0.25, -0.2) is 0 Å². The van der Waals surface area contributed by atoms with E-state index in [1.165, 1.54) is 186 Å². The summed E-state index contributed by atoms with van der Waals surface area (Å²) < 4.78 is 0. The maximum Gasteiger partial charge on any atom is 0.0558 e. The minimum Gasteiger partial charge on any atom is -0.395 e. The first-order valence-corrected chi connectivity index (χ1v) is 18.5. The van der Waals surface area contributed by atoms with Gasteiger partial charge in [-0.2, -0.15) is 0 Å². The smallest absolute Gasteiger partial charge is 0.0558 e. The lowest BCUT2D eigenvalue weighted by molar-refractivity contribution is 0.190. The molecule has 1 N–H and O–H groups in total. The Balaban J connectivity index is 3.43. The van der Waals surface area contributed by atoms with Gasteiger partial charge in [-0.05, 0) is 58.0 Å². The highest BCUT2D eigenvalue weighted by molar-refractivity contribution is 4.92. The van der Waals surface area contributed by atoms with Gasteiger partial charge in [0.25, 0.3) is 0 Å². The highest BCUT2D eigenvalue weighted by atomic mass is 16.3. The van der Waals surface area contributed by atoms with Gasteiger partial charge >= 0.3 is 0 Å². The third-order valence-corrected chi connectivity index (χ3v) is 8.42. The van der Waals surface area contributed by atoms with Crippen LogP contribution >= 0.6 is 0 Å². The molecule has 0 atom stereocenters. The maximum absolute atomic E-state index is 9.46. The molecule has 0 aliphatic carbocycles. The lowest BCUT2D eigenvalue weighted by Gasteiger charge is -2.21. The summed E-state index contributed by atoms with van der Waals surface area (Å²) in [7, 11) is 0. The Bertz CT molecular complexity index is 500. The minimum absolute atomic E-state index is 0.307. The van der Waals surface area contributed by atoms with Gasteiger partial charge in [-0.15, -0.1) is 0 Å². The lowest BCUT2D eigenvalue weighted by atomic mass is 10.0. The topological polar surface area (TPSA) is 23.5 Å². The van der Waals surface area contributed by atoms with E-state index in [2.05, 4.69) is 43.1 Å². The predicted octanol–water partition coefficient (Wildman–Crippen LogP) is 12.4. The van der Waals surface area contributed by atoms with E-state index in [0.717, 1.165) is 13.0 Å². The zero-order chi connectivity index (χ0) is 29.0. The Labute approximate surface area is 253 Å². The van der Waals surface area contributed by atoms with E-state index in [9.17, 15) is 5.11 Å². The second-order valence-electron chi connectivity index (χ2n) is 12.5. The summed E-state index contributed by atoms with van der Waals surface area (Å²) in [6.45, 7) is 8.09. The third kappa shape index (κ3) is 33.6. The van der Waals surface area contributed by atoms with E-state index in [1.54, 1.807) is 0 Å². The average molecular weight is 562 g/mol. The van der Waals surface area contributed by atoms with Crippen LogP contribution in [0, 0.1) is 0 Å². The first kappa shape index (κ1) is 39.4. The SMILES string of the molecule is CCCCC/C=C\C/C=C\CCCCCCCCN(CCO)CCCCCCCCCCCCCCCCCC. The van der Waals surface area contributed by atoms with Crippen LogP contribution in [-0.2, 0) is 0 Å². The lowest BCUT2D eigenvalue weighted by Crippen LogP contribution is -2.29. The molecule has 0 saturated heterocycles.